The first kappa shape index (κ1) is 22.0. The third kappa shape index (κ3) is 4.89. The average Bonchev–Trinajstić information content (AvgIpc) is 2.63. The third-order valence-corrected chi connectivity index (χ3v) is 7.44. The number of amides is 2. The average molecular weight is 457 g/mol. The van der Waals surface area contributed by atoms with Crippen LogP contribution in [0, 0.1) is 0 Å². The van der Waals surface area contributed by atoms with Gasteiger partial charge in [-0.2, -0.15) is 0 Å². The van der Waals surface area contributed by atoms with Crippen LogP contribution >= 0.6 is 23.4 Å². The molecule has 0 aliphatic carbocycles. The second-order valence-corrected chi connectivity index (χ2v) is 14.7. The molecule has 0 spiro atoms. The van der Waals surface area contributed by atoms with Crippen LogP contribution in [-0.4, -0.2) is 65.7 Å². The van der Waals surface area contributed by atoms with E-state index in [9.17, 15) is 14.4 Å². The van der Waals surface area contributed by atoms with E-state index in [4.69, 9.17) is 20.8 Å². The van der Waals surface area contributed by atoms with Crippen LogP contribution in [0.25, 0.3) is 0 Å². The molecule has 2 fully saturated rings. The number of alkyl halides is 1. The normalized spacial score (nSPS) is 28.8. The molecule has 29 heavy (non-hydrogen) atoms. The molecule has 1 aromatic rings. The smallest absolute Gasteiger partial charge is 0.317 e. The summed E-state index contributed by atoms with van der Waals surface area (Å²) in [5.74, 6) is -0.171. The topological polar surface area (TPSA) is 84.9 Å². The maximum atomic E-state index is 12.8. The van der Waals surface area contributed by atoms with Gasteiger partial charge in [-0.1, -0.05) is 18.2 Å². The molecule has 1 N–H and O–H groups in total. The van der Waals surface area contributed by atoms with Crippen molar-refractivity contribution in [1.29, 1.82) is 0 Å². The number of β-lactam (4-membered cyclic amide) rings is 1. The van der Waals surface area contributed by atoms with E-state index in [1.165, 1.54) is 16.7 Å². The lowest BCUT2D eigenvalue weighted by Crippen LogP contribution is -2.78. The van der Waals surface area contributed by atoms with Crippen LogP contribution in [0.5, 0.6) is 5.75 Å². The highest BCUT2D eigenvalue weighted by molar-refractivity contribution is 8.00. The molecule has 2 aliphatic rings. The van der Waals surface area contributed by atoms with Gasteiger partial charge in [0, 0.05) is 5.75 Å². The minimum absolute atomic E-state index is 0.195. The molecule has 2 amide bonds. The lowest BCUT2D eigenvalue weighted by atomic mass is 9.94. The number of thioether (sulfide) groups is 1. The molecule has 158 valence electrons. The minimum atomic E-state index is -2.14. The zero-order valence-corrected chi connectivity index (χ0v) is 19.4. The van der Waals surface area contributed by atoms with E-state index in [-0.39, 0.29) is 17.9 Å². The van der Waals surface area contributed by atoms with Crippen molar-refractivity contribution in [3.8, 4) is 5.75 Å². The number of rotatable bonds is 6. The van der Waals surface area contributed by atoms with Gasteiger partial charge in [0.25, 0.3) is 5.91 Å². The van der Waals surface area contributed by atoms with Gasteiger partial charge < -0.3 is 19.4 Å². The summed E-state index contributed by atoms with van der Waals surface area (Å²) in [5.41, 5.74) is 0. The number of fused-ring (bicyclic) bond motifs is 1. The molecule has 1 aromatic carbocycles. The van der Waals surface area contributed by atoms with Crippen LogP contribution < -0.4 is 10.1 Å². The first-order chi connectivity index (χ1) is 13.5. The summed E-state index contributed by atoms with van der Waals surface area (Å²) in [4.78, 5) is 38.3. The predicted octanol–water partition coefficient (Wildman–Crippen LogP) is 2.21. The minimum Gasteiger partial charge on any atom is -0.518 e. The van der Waals surface area contributed by atoms with Gasteiger partial charge in [0.05, 0.1) is 4.87 Å². The fourth-order valence-electron chi connectivity index (χ4n) is 3.29. The Morgan fingerprint density at radius 2 is 1.97 bits per heavy atom. The van der Waals surface area contributed by atoms with Gasteiger partial charge in [-0.05, 0) is 38.7 Å². The molecule has 3 rings (SSSR count). The summed E-state index contributed by atoms with van der Waals surface area (Å²) in [5, 5.41) is 2.36. The molecule has 2 heterocycles. The third-order valence-electron chi connectivity index (χ3n) is 4.52. The van der Waals surface area contributed by atoms with Crippen LogP contribution in [0.4, 0.5) is 0 Å². The van der Waals surface area contributed by atoms with Crippen molar-refractivity contribution in [3.05, 3.63) is 30.3 Å². The quantitative estimate of drug-likeness (QED) is 0.401. The van der Waals surface area contributed by atoms with Crippen molar-refractivity contribution in [1.82, 2.24) is 10.2 Å². The van der Waals surface area contributed by atoms with Gasteiger partial charge >= 0.3 is 5.97 Å². The van der Waals surface area contributed by atoms with E-state index in [0.717, 1.165) is 0 Å². The highest BCUT2D eigenvalue weighted by atomic mass is 35.5. The zero-order chi connectivity index (χ0) is 21.4. The number of para-hydroxylation sites is 1. The van der Waals surface area contributed by atoms with Crippen molar-refractivity contribution in [3.63, 3.8) is 0 Å². The number of nitrogens with one attached hydrogen (secondary N) is 1. The first-order valence-corrected chi connectivity index (χ1v) is 14.2. The Balaban J connectivity index is 1.63. The molecule has 0 radical (unpaired) electrons. The van der Waals surface area contributed by atoms with Gasteiger partial charge in [0.1, 0.15) is 23.2 Å². The zero-order valence-electron chi connectivity index (χ0n) is 16.8. The van der Waals surface area contributed by atoms with Gasteiger partial charge in [-0.3, -0.25) is 14.4 Å². The molecular weight excluding hydrogens is 432 g/mol. The molecule has 0 unspecified atom stereocenters. The standard InChI is InChI=1S/C19H25ClN2O5SSi/c1-19(20)11-28-17-14(21-13(23)10-26-12-8-6-5-7-9-12)16(24)22(17)15(19)18(25)27-29(2,3)4/h5-9,14-15,17H,10-11H2,1-4H3,(H,21,23)/t14-,15+,17+,19-/m1/s1. The number of nitrogens with zero attached hydrogens (tertiary/aromatic N) is 1. The summed E-state index contributed by atoms with van der Waals surface area (Å²) < 4.78 is 11.0. The number of halogens is 1. The lowest BCUT2D eigenvalue weighted by Gasteiger charge is -2.56. The van der Waals surface area contributed by atoms with E-state index in [0.29, 0.717) is 11.5 Å². The second-order valence-electron chi connectivity index (χ2n) is 8.31. The van der Waals surface area contributed by atoms with Crippen LogP contribution in [0.3, 0.4) is 0 Å². The summed E-state index contributed by atoms with van der Waals surface area (Å²) >= 11 is 8.03. The molecule has 0 bridgehead atoms. The van der Waals surface area contributed by atoms with Crippen molar-refractivity contribution >= 4 is 49.5 Å². The van der Waals surface area contributed by atoms with E-state index >= 15 is 0 Å². The maximum absolute atomic E-state index is 12.8. The van der Waals surface area contributed by atoms with Crippen molar-refractivity contribution in [2.24, 2.45) is 0 Å². The monoisotopic (exact) mass is 456 g/mol. The van der Waals surface area contributed by atoms with E-state index in [1.54, 1.807) is 19.1 Å². The maximum Gasteiger partial charge on any atom is 0.317 e. The van der Waals surface area contributed by atoms with Gasteiger partial charge in [-0.15, -0.1) is 23.4 Å². The fraction of sp³-hybridized carbons (Fsp3) is 0.526. The number of hydrogen-bond donors (Lipinski definition) is 1. The van der Waals surface area contributed by atoms with Crippen molar-refractivity contribution in [2.75, 3.05) is 12.4 Å². The molecular formula is C19H25ClN2O5SSi. The Bertz CT molecular complexity index is 802. The van der Waals surface area contributed by atoms with Crippen LogP contribution in [0.2, 0.25) is 19.6 Å². The number of carbonyl (C=O) groups excluding carboxylic acids is 3. The Hall–Kier alpha value is -1.71. The predicted molar refractivity (Wildman–Crippen MR) is 114 cm³/mol. The number of ether oxygens (including phenoxy) is 1. The van der Waals surface area contributed by atoms with Crippen LogP contribution in [0.15, 0.2) is 30.3 Å². The van der Waals surface area contributed by atoms with E-state index < -0.39 is 37.2 Å². The second kappa shape index (κ2) is 8.20. The Labute approximate surface area is 180 Å². The van der Waals surface area contributed by atoms with Crippen LogP contribution in [0.1, 0.15) is 6.92 Å². The summed E-state index contributed by atoms with van der Waals surface area (Å²) in [6.45, 7) is 7.25. The Morgan fingerprint density at radius 3 is 2.59 bits per heavy atom. The van der Waals surface area contributed by atoms with Crippen LogP contribution in [-0.2, 0) is 18.8 Å². The van der Waals surface area contributed by atoms with Gasteiger partial charge in [0.2, 0.25) is 14.2 Å². The number of hydrogen-bond acceptors (Lipinski definition) is 6. The molecule has 4 atom stereocenters. The molecule has 2 aliphatic heterocycles. The molecule has 0 saturated carbocycles. The number of carbonyl (C=O) groups is 3. The number of benzene rings is 1. The highest BCUT2D eigenvalue weighted by Crippen LogP contribution is 2.45. The van der Waals surface area contributed by atoms with E-state index in [2.05, 4.69) is 5.32 Å². The Morgan fingerprint density at radius 1 is 1.31 bits per heavy atom. The largest absolute Gasteiger partial charge is 0.518 e. The SMILES string of the molecule is C[C@@]1(Cl)CS[C@H]2[C@H](NC(=O)COc3ccccc3)C(=O)N2[C@H]1C(=O)O[Si](C)(C)C. The van der Waals surface area contributed by atoms with Gasteiger partial charge in [0.15, 0.2) is 6.61 Å². The lowest BCUT2D eigenvalue weighted by molar-refractivity contribution is -0.163. The summed E-state index contributed by atoms with van der Waals surface area (Å²) in [6.07, 6.45) is 0. The van der Waals surface area contributed by atoms with E-state index in [1.807, 2.05) is 37.8 Å². The highest BCUT2D eigenvalue weighted by Gasteiger charge is 2.61. The van der Waals surface area contributed by atoms with Crippen molar-refractivity contribution in [2.45, 2.75) is 48.9 Å². The summed E-state index contributed by atoms with van der Waals surface area (Å²) in [6, 6.07) is 7.38. The molecule has 7 nitrogen and oxygen atoms in total. The summed E-state index contributed by atoms with van der Waals surface area (Å²) in [7, 11) is -2.14. The first-order valence-electron chi connectivity index (χ1n) is 9.32. The molecule has 2 saturated heterocycles. The fourth-order valence-corrected chi connectivity index (χ4v) is 5.80. The molecule has 10 heteroatoms. The van der Waals surface area contributed by atoms with Crippen molar-refractivity contribution < 1.29 is 23.5 Å². The Kier molecular flexibility index (Phi) is 6.21. The van der Waals surface area contributed by atoms with Gasteiger partial charge in [-0.25, -0.2) is 0 Å². The molecule has 0 aromatic heterocycles.